The van der Waals surface area contributed by atoms with Crippen LogP contribution in [0.3, 0.4) is 0 Å². The van der Waals surface area contributed by atoms with Gasteiger partial charge in [-0.1, -0.05) is 0 Å². The van der Waals surface area contributed by atoms with Crippen molar-refractivity contribution in [1.82, 2.24) is 29.5 Å². The van der Waals surface area contributed by atoms with Gasteiger partial charge in [0.2, 0.25) is 0 Å². The molecule has 0 bridgehead atoms. The third-order valence-corrected chi connectivity index (χ3v) is 4.20. The predicted octanol–water partition coefficient (Wildman–Crippen LogP) is 1.05. The number of hydrogen-bond acceptors (Lipinski definition) is 5. The Bertz CT molecular complexity index is 827. The van der Waals surface area contributed by atoms with E-state index in [0.29, 0.717) is 24.2 Å². The molecule has 23 heavy (non-hydrogen) atoms. The molecule has 4 rings (SSSR count). The molecule has 0 aliphatic carbocycles. The highest BCUT2D eigenvalue weighted by Gasteiger charge is 2.39. The van der Waals surface area contributed by atoms with E-state index < -0.39 is 0 Å². The second-order valence-electron chi connectivity index (χ2n) is 5.49. The highest BCUT2D eigenvalue weighted by molar-refractivity contribution is 6.00. The average Bonchev–Trinajstić information content (AvgIpc) is 3.31. The molecule has 0 aromatic carbocycles. The van der Waals surface area contributed by atoms with E-state index in [1.807, 2.05) is 0 Å². The third-order valence-electron chi connectivity index (χ3n) is 4.20. The van der Waals surface area contributed by atoms with Gasteiger partial charge in [0.1, 0.15) is 11.4 Å². The van der Waals surface area contributed by atoms with E-state index in [0.717, 1.165) is 5.82 Å². The van der Waals surface area contributed by atoms with Crippen LogP contribution in [0, 0.1) is 0 Å². The minimum Gasteiger partial charge on any atom is -0.380 e. The average molecular weight is 312 g/mol. The van der Waals surface area contributed by atoms with Crippen LogP contribution in [-0.4, -0.2) is 55.1 Å². The zero-order valence-electron chi connectivity index (χ0n) is 12.6. The predicted molar refractivity (Wildman–Crippen MR) is 80.8 cm³/mol. The van der Waals surface area contributed by atoms with E-state index in [1.54, 1.807) is 53.6 Å². The number of aromatic nitrogens is 5. The maximum atomic E-state index is 13.0. The second-order valence-corrected chi connectivity index (χ2v) is 5.49. The Morgan fingerprint density at radius 1 is 1.39 bits per heavy atom. The zero-order chi connectivity index (χ0) is 15.8. The van der Waals surface area contributed by atoms with Crippen LogP contribution in [0.15, 0.2) is 37.1 Å². The lowest BCUT2D eigenvalue weighted by Gasteiger charge is -2.22. The first-order chi connectivity index (χ1) is 11.3. The molecule has 0 saturated carbocycles. The lowest BCUT2D eigenvalue weighted by molar-refractivity contribution is 0.0686. The number of nitrogens with zero attached hydrogens (tertiary/aromatic N) is 5. The van der Waals surface area contributed by atoms with Crippen LogP contribution in [0.5, 0.6) is 0 Å². The van der Waals surface area contributed by atoms with Crippen LogP contribution in [-0.2, 0) is 4.74 Å². The van der Waals surface area contributed by atoms with Gasteiger partial charge in [0.05, 0.1) is 18.3 Å². The van der Waals surface area contributed by atoms with Crippen LogP contribution >= 0.6 is 0 Å². The quantitative estimate of drug-likeness (QED) is 0.781. The molecular weight excluding hydrogens is 296 g/mol. The van der Waals surface area contributed by atoms with Gasteiger partial charge in [0.25, 0.3) is 5.91 Å². The molecule has 1 amide bonds. The number of nitrogens with one attached hydrogen (secondary N) is 1. The van der Waals surface area contributed by atoms with Gasteiger partial charge in [0, 0.05) is 44.9 Å². The Balaban J connectivity index is 1.71. The first kappa shape index (κ1) is 13.9. The molecule has 3 aromatic heterocycles. The van der Waals surface area contributed by atoms with Crippen molar-refractivity contribution in [2.75, 3.05) is 13.7 Å². The molecule has 118 valence electrons. The summed E-state index contributed by atoms with van der Waals surface area (Å²) < 4.78 is 7.05. The number of likely N-dealkylation sites (tertiary alicyclic amines) is 1. The van der Waals surface area contributed by atoms with Crippen molar-refractivity contribution >= 4 is 11.6 Å². The van der Waals surface area contributed by atoms with Crippen molar-refractivity contribution in [1.29, 1.82) is 0 Å². The first-order valence-corrected chi connectivity index (χ1v) is 7.39. The van der Waals surface area contributed by atoms with Gasteiger partial charge in [0.15, 0.2) is 5.65 Å². The summed E-state index contributed by atoms with van der Waals surface area (Å²) >= 11 is 0. The van der Waals surface area contributed by atoms with Gasteiger partial charge < -0.3 is 14.6 Å². The maximum Gasteiger partial charge on any atom is 0.260 e. The molecule has 1 unspecified atom stereocenters. The van der Waals surface area contributed by atoms with Gasteiger partial charge in [-0.15, -0.1) is 0 Å². The Hall–Kier alpha value is -2.74. The summed E-state index contributed by atoms with van der Waals surface area (Å²) in [4.78, 5) is 26.5. The molecule has 1 saturated heterocycles. The van der Waals surface area contributed by atoms with E-state index in [2.05, 4.69) is 20.1 Å². The van der Waals surface area contributed by atoms with Gasteiger partial charge in [-0.05, 0) is 6.07 Å². The molecule has 2 atom stereocenters. The number of amides is 1. The van der Waals surface area contributed by atoms with E-state index in [1.165, 1.54) is 0 Å². The van der Waals surface area contributed by atoms with Crippen molar-refractivity contribution in [3.05, 3.63) is 48.4 Å². The number of hydrogen-bond donors (Lipinski definition) is 1. The minimum atomic E-state index is -0.138. The number of aromatic amines is 1. The molecule has 1 fully saturated rings. The molecule has 3 aromatic rings. The number of ether oxygens (including phenoxy) is 1. The van der Waals surface area contributed by atoms with Gasteiger partial charge >= 0.3 is 0 Å². The molecule has 1 aliphatic rings. The van der Waals surface area contributed by atoms with Gasteiger partial charge in [-0.3, -0.25) is 4.79 Å². The zero-order valence-corrected chi connectivity index (χ0v) is 12.6. The SMILES string of the molecule is CO[C@@H]1CC(c2ncc[nH]2)N(C(=O)c2cnn3cccnc23)C1. The summed E-state index contributed by atoms with van der Waals surface area (Å²) in [5, 5.41) is 4.19. The summed E-state index contributed by atoms with van der Waals surface area (Å²) in [7, 11) is 1.66. The number of carbonyl (C=O) groups is 1. The number of methoxy groups -OCH3 is 1. The largest absolute Gasteiger partial charge is 0.380 e. The van der Waals surface area contributed by atoms with E-state index in [4.69, 9.17) is 4.74 Å². The number of carbonyl (C=O) groups excluding carboxylic acids is 1. The number of fused-ring (bicyclic) bond motifs is 1. The summed E-state index contributed by atoms with van der Waals surface area (Å²) in [5.74, 6) is 0.655. The monoisotopic (exact) mass is 312 g/mol. The van der Waals surface area contributed by atoms with Crippen LogP contribution < -0.4 is 0 Å². The van der Waals surface area contributed by atoms with Crippen molar-refractivity contribution in [2.24, 2.45) is 0 Å². The summed E-state index contributed by atoms with van der Waals surface area (Å²) in [6.45, 7) is 0.519. The molecule has 1 N–H and O–H groups in total. The smallest absolute Gasteiger partial charge is 0.260 e. The van der Waals surface area contributed by atoms with Crippen molar-refractivity contribution in [2.45, 2.75) is 18.6 Å². The third kappa shape index (κ3) is 2.27. The van der Waals surface area contributed by atoms with Crippen LogP contribution in [0.25, 0.3) is 5.65 Å². The van der Waals surface area contributed by atoms with Gasteiger partial charge in [-0.2, -0.15) is 5.10 Å². The highest BCUT2D eigenvalue weighted by atomic mass is 16.5. The fraction of sp³-hybridized carbons (Fsp3) is 0.333. The maximum absolute atomic E-state index is 13.0. The van der Waals surface area contributed by atoms with E-state index in [-0.39, 0.29) is 18.1 Å². The molecule has 8 heteroatoms. The molecule has 8 nitrogen and oxygen atoms in total. The molecular formula is C15H16N6O2. The summed E-state index contributed by atoms with van der Waals surface area (Å²) in [6, 6.07) is 1.64. The Kier molecular flexibility index (Phi) is 3.30. The Morgan fingerprint density at radius 3 is 3.09 bits per heavy atom. The number of H-pyrrole nitrogens is 1. The number of imidazole rings is 1. The molecule has 4 heterocycles. The topological polar surface area (TPSA) is 88.4 Å². The van der Waals surface area contributed by atoms with Crippen LogP contribution in [0.2, 0.25) is 0 Å². The van der Waals surface area contributed by atoms with Crippen molar-refractivity contribution < 1.29 is 9.53 Å². The van der Waals surface area contributed by atoms with Gasteiger partial charge in [-0.25, -0.2) is 14.5 Å². The van der Waals surface area contributed by atoms with E-state index >= 15 is 0 Å². The lowest BCUT2D eigenvalue weighted by atomic mass is 10.2. The molecule has 0 radical (unpaired) electrons. The lowest BCUT2D eigenvalue weighted by Crippen LogP contribution is -2.32. The van der Waals surface area contributed by atoms with E-state index in [9.17, 15) is 4.79 Å². The summed E-state index contributed by atoms with van der Waals surface area (Å²) in [6.07, 6.45) is 9.13. The standard InChI is InChI=1S/C15H16N6O2/c1-23-10-7-12(13-16-4-5-17-13)20(9-10)15(22)11-8-19-21-6-2-3-18-14(11)21/h2-6,8,10,12H,7,9H2,1H3,(H,16,17)/t10-,12?/m1/s1. The first-order valence-electron chi connectivity index (χ1n) is 7.39. The molecule has 1 aliphatic heterocycles. The fourth-order valence-corrected chi connectivity index (χ4v) is 3.04. The normalized spacial score (nSPS) is 21.2. The van der Waals surface area contributed by atoms with Crippen molar-refractivity contribution in [3.8, 4) is 0 Å². The number of rotatable bonds is 3. The Morgan fingerprint density at radius 2 is 2.30 bits per heavy atom. The highest BCUT2D eigenvalue weighted by Crippen LogP contribution is 2.33. The summed E-state index contributed by atoms with van der Waals surface area (Å²) in [5.41, 5.74) is 1.04. The molecule has 0 spiro atoms. The van der Waals surface area contributed by atoms with Crippen LogP contribution in [0.4, 0.5) is 0 Å². The Labute approximate surface area is 132 Å². The van der Waals surface area contributed by atoms with Crippen molar-refractivity contribution in [3.63, 3.8) is 0 Å². The van der Waals surface area contributed by atoms with Crippen LogP contribution in [0.1, 0.15) is 28.6 Å². The second kappa shape index (κ2) is 5.47. The fourth-order valence-electron chi connectivity index (χ4n) is 3.04. The minimum absolute atomic E-state index is 0.0103.